The molecule has 25 heavy (non-hydrogen) atoms. The first-order valence-electron chi connectivity index (χ1n) is 6.87. The summed E-state index contributed by atoms with van der Waals surface area (Å²) in [5, 5.41) is 13.9. The molecule has 2 aromatic carbocycles. The zero-order valence-electron chi connectivity index (χ0n) is 12.9. The van der Waals surface area contributed by atoms with Gasteiger partial charge in [0.25, 0.3) is 5.91 Å². The van der Waals surface area contributed by atoms with Crippen LogP contribution in [0.5, 0.6) is 17.2 Å². The summed E-state index contributed by atoms with van der Waals surface area (Å²) in [5.74, 6) is 0.399. The summed E-state index contributed by atoms with van der Waals surface area (Å²) in [6, 6.07) is 8.00. The highest BCUT2D eigenvalue weighted by Gasteiger charge is 2.12. The van der Waals surface area contributed by atoms with Gasteiger partial charge in [-0.15, -0.1) is 0 Å². The van der Waals surface area contributed by atoms with Gasteiger partial charge >= 0.3 is 0 Å². The molecule has 0 aliphatic heterocycles. The summed E-state index contributed by atoms with van der Waals surface area (Å²) in [6.07, 6.45) is 1.29. The van der Waals surface area contributed by atoms with Crippen molar-refractivity contribution in [3.05, 3.63) is 49.9 Å². The van der Waals surface area contributed by atoms with Crippen LogP contribution in [0.1, 0.15) is 5.56 Å². The minimum absolute atomic E-state index is 0.00202. The molecular formula is C16H13Br2ClN2O4. The quantitative estimate of drug-likeness (QED) is 0.470. The van der Waals surface area contributed by atoms with Crippen LogP contribution in [0.15, 0.2) is 44.4 Å². The molecule has 132 valence electrons. The molecule has 0 unspecified atom stereocenters. The molecule has 0 saturated heterocycles. The van der Waals surface area contributed by atoms with Crippen LogP contribution < -0.4 is 14.9 Å². The fraction of sp³-hybridized carbons (Fsp3) is 0.125. The fourth-order valence-corrected chi connectivity index (χ4v) is 3.28. The standard InChI is InChI=1S/C16H13Br2ClN2O4/c1-24-14-6-10(17)5-12(18)16(14)25-8-15(23)21-20-7-9-4-11(19)2-3-13(9)22/h2-7,22H,8H2,1H3,(H,21,23). The molecule has 0 aliphatic carbocycles. The van der Waals surface area contributed by atoms with E-state index in [9.17, 15) is 9.90 Å². The summed E-state index contributed by atoms with van der Waals surface area (Å²) in [6.45, 7) is -0.268. The van der Waals surface area contributed by atoms with Gasteiger partial charge in [-0.25, -0.2) is 5.43 Å². The van der Waals surface area contributed by atoms with Crippen LogP contribution in [0.25, 0.3) is 0 Å². The van der Waals surface area contributed by atoms with Gasteiger partial charge in [0.05, 0.1) is 17.8 Å². The molecule has 2 rings (SSSR count). The van der Waals surface area contributed by atoms with E-state index in [1.807, 2.05) is 0 Å². The van der Waals surface area contributed by atoms with Crippen LogP contribution >= 0.6 is 43.5 Å². The molecule has 1 amide bonds. The maximum Gasteiger partial charge on any atom is 0.277 e. The smallest absolute Gasteiger partial charge is 0.277 e. The number of phenolic OH excluding ortho intramolecular Hbond substituents is 1. The molecule has 0 atom stereocenters. The molecule has 6 nitrogen and oxygen atoms in total. The van der Waals surface area contributed by atoms with Gasteiger partial charge in [0.2, 0.25) is 0 Å². The number of nitrogens with zero attached hydrogens (tertiary/aromatic N) is 1. The van der Waals surface area contributed by atoms with E-state index in [2.05, 4.69) is 42.4 Å². The van der Waals surface area contributed by atoms with E-state index in [-0.39, 0.29) is 12.4 Å². The van der Waals surface area contributed by atoms with Crippen LogP contribution in [0.2, 0.25) is 5.02 Å². The number of benzene rings is 2. The van der Waals surface area contributed by atoms with Crippen LogP contribution in [-0.2, 0) is 4.79 Å². The third-order valence-electron chi connectivity index (χ3n) is 2.92. The topological polar surface area (TPSA) is 80.2 Å². The third-order valence-corrected chi connectivity index (χ3v) is 4.21. The molecule has 0 bridgehead atoms. The van der Waals surface area contributed by atoms with E-state index in [0.717, 1.165) is 4.47 Å². The molecule has 0 aliphatic rings. The first-order chi connectivity index (χ1) is 11.9. The van der Waals surface area contributed by atoms with Gasteiger partial charge in [-0.3, -0.25) is 4.79 Å². The lowest BCUT2D eigenvalue weighted by molar-refractivity contribution is -0.123. The highest BCUT2D eigenvalue weighted by atomic mass is 79.9. The Balaban J connectivity index is 1.95. The van der Waals surface area contributed by atoms with Crippen molar-refractivity contribution in [1.29, 1.82) is 0 Å². The lowest BCUT2D eigenvalue weighted by Gasteiger charge is -2.12. The number of aromatic hydroxyl groups is 1. The summed E-state index contributed by atoms with van der Waals surface area (Å²) in [5.41, 5.74) is 2.68. The first-order valence-corrected chi connectivity index (χ1v) is 8.83. The van der Waals surface area contributed by atoms with Gasteiger partial charge < -0.3 is 14.6 Å². The number of carbonyl (C=O) groups is 1. The average molecular weight is 493 g/mol. The number of halogens is 3. The molecular weight excluding hydrogens is 479 g/mol. The second-order valence-corrected chi connectivity index (χ2v) is 6.91. The Kier molecular flexibility index (Phi) is 7.10. The Morgan fingerprint density at radius 3 is 2.84 bits per heavy atom. The summed E-state index contributed by atoms with van der Waals surface area (Å²) in [4.78, 5) is 11.8. The molecule has 9 heteroatoms. The van der Waals surface area contributed by atoms with Crippen LogP contribution in [0, 0.1) is 0 Å². The molecule has 2 N–H and O–H groups in total. The van der Waals surface area contributed by atoms with E-state index in [0.29, 0.717) is 26.6 Å². The van der Waals surface area contributed by atoms with Crippen LogP contribution in [0.3, 0.4) is 0 Å². The van der Waals surface area contributed by atoms with Gasteiger partial charge in [0.1, 0.15) is 5.75 Å². The van der Waals surface area contributed by atoms with Gasteiger partial charge in [0, 0.05) is 15.1 Å². The minimum atomic E-state index is -0.477. The molecule has 2 aromatic rings. The van der Waals surface area contributed by atoms with E-state index in [1.165, 1.54) is 25.5 Å². The van der Waals surface area contributed by atoms with Crippen molar-refractivity contribution >= 4 is 55.6 Å². The summed E-state index contributed by atoms with van der Waals surface area (Å²) in [7, 11) is 1.50. The fourth-order valence-electron chi connectivity index (χ4n) is 1.80. The predicted molar refractivity (Wildman–Crippen MR) is 103 cm³/mol. The van der Waals surface area contributed by atoms with Gasteiger partial charge in [-0.05, 0) is 46.3 Å². The van der Waals surface area contributed by atoms with E-state index in [1.54, 1.807) is 18.2 Å². The molecule has 0 fully saturated rings. The summed E-state index contributed by atoms with van der Waals surface area (Å²) >= 11 is 12.5. The maximum atomic E-state index is 11.8. The van der Waals surface area contributed by atoms with Crippen molar-refractivity contribution in [1.82, 2.24) is 5.43 Å². The number of phenols is 1. The average Bonchev–Trinajstić information content (AvgIpc) is 2.56. The van der Waals surface area contributed by atoms with Gasteiger partial charge in [-0.1, -0.05) is 27.5 Å². The number of methoxy groups -OCH3 is 1. The Labute approximate surface area is 166 Å². The number of amides is 1. The molecule has 0 heterocycles. The second-order valence-electron chi connectivity index (χ2n) is 4.70. The van der Waals surface area contributed by atoms with E-state index < -0.39 is 5.91 Å². The zero-order valence-corrected chi connectivity index (χ0v) is 16.9. The van der Waals surface area contributed by atoms with Crippen molar-refractivity contribution in [3.63, 3.8) is 0 Å². The first kappa shape index (κ1) is 19.6. The van der Waals surface area contributed by atoms with Crippen molar-refractivity contribution in [2.45, 2.75) is 0 Å². The molecule has 0 aromatic heterocycles. The van der Waals surface area contributed by atoms with Gasteiger partial charge in [-0.2, -0.15) is 5.10 Å². The normalized spacial score (nSPS) is 10.7. The molecule has 0 spiro atoms. The highest BCUT2D eigenvalue weighted by molar-refractivity contribution is 9.11. The van der Waals surface area contributed by atoms with Crippen LogP contribution in [0.4, 0.5) is 0 Å². The Hall–Kier alpha value is -1.77. The molecule has 0 radical (unpaired) electrons. The van der Waals surface area contributed by atoms with Crippen LogP contribution in [-0.4, -0.2) is 30.9 Å². The number of hydrazone groups is 1. The minimum Gasteiger partial charge on any atom is -0.507 e. The number of hydrogen-bond donors (Lipinski definition) is 2. The highest BCUT2D eigenvalue weighted by Crippen LogP contribution is 2.38. The number of carbonyl (C=O) groups excluding carboxylic acids is 1. The zero-order chi connectivity index (χ0) is 18.4. The van der Waals surface area contributed by atoms with Crippen molar-refractivity contribution in [2.75, 3.05) is 13.7 Å². The number of ether oxygens (including phenoxy) is 2. The SMILES string of the molecule is COc1cc(Br)cc(Br)c1OCC(=O)NN=Cc1cc(Cl)ccc1O. The monoisotopic (exact) mass is 490 g/mol. The lowest BCUT2D eigenvalue weighted by atomic mass is 10.2. The van der Waals surface area contributed by atoms with E-state index >= 15 is 0 Å². The molecule has 0 saturated carbocycles. The largest absolute Gasteiger partial charge is 0.507 e. The number of nitrogens with one attached hydrogen (secondary N) is 1. The number of rotatable bonds is 6. The van der Waals surface area contributed by atoms with Crippen molar-refractivity contribution in [2.24, 2.45) is 5.10 Å². The van der Waals surface area contributed by atoms with Gasteiger partial charge in [0.15, 0.2) is 18.1 Å². The van der Waals surface area contributed by atoms with Crippen molar-refractivity contribution in [3.8, 4) is 17.2 Å². The number of hydrogen-bond acceptors (Lipinski definition) is 5. The van der Waals surface area contributed by atoms with Crippen molar-refractivity contribution < 1.29 is 19.4 Å². The Morgan fingerprint density at radius 1 is 1.36 bits per heavy atom. The third kappa shape index (κ3) is 5.62. The summed E-state index contributed by atoms with van der Waals surface area (Å²) < 4.78 is 12.1. The Morgan fingerprint density at radius 2 is 2.12 bits per heavy atom. The maximum absolute atomic E-state index is 11.8. The van der Waals surface area contributed by atoms with E-state index in [4.69, 9.17) is 21.1 Å². The lowest BCUT2D eigenvalue weighted by Crippen LogP contribution is -2.24. The predicted octanol–water partition coefficient (Wildman–Crippen LogP) is 4.11. The Bertz CT molecular complexity index is 815. The second kappa shape index (κ2) is 9.07.